The van der Waals surface area contributed by atoms with Crippen molar-refractivity contribution in [1.29, 1.82) is 0 Å². The number of carbonyl (C=O) groups is 1. The Morgan fingerprint density at radius 1 is 1.48 bits per heavy atom. The molecule has 1 saturated heterocycles. The molecule has 1 amide bonds. The fourth-order valence-corrected chi connectivity index (χ4v) is 2.59. The van der Waals surface area contributed by atoms with Crippen LogP contribution in [0.25, 0.3) is 0 Å². The van der Waals surface area contributed by atoms with Crippen LogP contribution in [0.15, 0.2) is 18.2 Å². The molecule has 2 rings (SSSR count). The highest BCUT2D eigenvalue weighted by Gasteiger charge is 2.35. The van der Waals surface area contributed by atoms with E-state index >= 15 is 0 Å². The van der Waals surface area contributed by atoms with E-state index < -0.39 is 17.6 Å². The Balaban J connectivity index is 2.34. The van der Waals surface area contributed by atoms with Gasteiger partial charge >= 0.3 is 6.18 Å². The summed E-state index contributed by atoms with van der Waals surface area (Å²) in [6.45, 7) is 0.283. The van der Waals surface area contributed by atoms with Gasteiger partial charge in [-0.05, 0) is 31.0 Å². The highest BCUT2D eigenvalue weighted by Crippen LogP contribution is 2.35. The molecule has 116 valence electrons. The van der Waals surface area contributed by atoms with Crippen LogP contribution in [-0.2, 0) is 6.18 Å². The molecule has 0 saturated carbocycles. The van der Waals surface area contributed by atoms with Gasteiger partial charge in [0.1, 0.15) is 0 Å². The van der Waals surface area contributed by atoms with Crippen LogP contribution in [0, 0.1) is 0 Å². The molecule has 0 radical (unpaired) electrons. The van der Waals surface area contributed by atoms with Crippen molar-refractivity contribution < 1.29 is 23.1 Å². The van der Waals surface area contributed by atoms with Gasteiger partial charge in [0.25, 0.3) is 5.91 Å². The van der Waals surface area contributed by atoms with E-state index in [1.165, 1.54) is 24.1 Å². The standard InChI is InChI=1S/C14H17F3N2O2/c1-18-12-5-4-9(7-11(12)14(15,16)17)13(21)19-6-2-3-10(19)8-20/h4-5,7,10,18,20H,2-3,6,8H2,1H3. The van der Waals surface area contributed by atoms with Crippen molar-refractivity contribution in [1.82, 2.24) is 4.90 Å². The van der Waals surface area contributed by atoms with Crippen LogP contribution < -0.4 is 5.32 Å². The summed E-state index contributed by atoms with van der Waals surface area (Å²) in [5.74, 6) is -0.472. The van der Waals surface area contributed by atoms with E-state index in [1.807, 2.05) is 0 Å². The molecule has 1 aliphatic heterocycles. The Hall–Kier alpha value is -1.76. The van der Waals surface area contributed by atoms with Gasteiger partial charge in [-0.15, -0.1) is 0 Å². The smallest absolute Gasteiger partial charge is 0.394 e. The quantitative estimate of drug-likeness (QED) is 0.901. The molecular formula is C14H17F3N2O2. The second-order valence-corrected chi connectivity index (χ2v) is 4.99. The minimum absolute atomic E-state index is 0.0123. The SMILES string of the molecule is CNc1ccc(C(=O)N2CCCC2CO)cc1C(F)(F)F. The molecule has 1 fully saturated rings. The summed E-state index contributed by atoms with van der Waals surface area (Å²) in [5, 5.41) is 11.7. The molecule has 1 atom stereocenters. The van der Waals surface area contributed by atoms with Gasteiger partial charge in [0.15, 0.2) is 0 Å². The average molecular weight is 302 g/mol. The first-order chi connectivity index (χ1) is 9.88. The monoisotopic (exact) mass is 302 g/mol. The largest absolute Gasteiger partial charge is 0.418 e. The average Bonchev–Trinajstić information content (AvgIpc) is 2.93. The number of carbonyl (C=O) groups excluding carboxylic acids is 1. The predicted octanol–water partition coefficient (Wildman–Crippen LogP) is 2.34. The van der Waals surface area contributed by atoms with E-state index in [0.717, 1.165) is 12.5 Å². The Bertz CT molecular complexity index is 531. The minimum Gasteiger partial charge on any atom is -0.394 e. The van der Waals surface area contributed by atoms with Crippen molar-refractivity contribution in [3.05, 3.63) is 29.3 Å². The maximum Gasteiger partial charge on any atom is 0.418 e. The van der Waals surface area contributed by atoms with Crippen LogP contribution >= 0.6 is 0 Å². The van der Waals surface area contributed by atoms with E-state index in [4.69, 9.17) is 0 Å². The molecule has 1 heterocycles. The number of rotatable bonds is 3. The van der Waals surface area contributed by atoms with Gasteiger partial charge in [0.2, 0.25) is 0 Å². The summed E-state index contributed by atoms with van der Waals surface area (Å²) in [4.78, 5) is 13.8. The van der Waals surface area contributed by atoms with Crippen molar-refractivity contribution >= 4 is 11.6 Å². The number of nitrogens with one attached hydrogen (secondary N) is 1. The fourth-order valence-electron chi connectivity index (χ4n) is 2.59. The second kappa shape index (κ2) is 5.93. The highest BCUT2D eigenvalue weighted by atomic mass is 19.4. The predicted molar refractivity (Wildman–Crippen MR) is 72.1 cm³/mol. The lowest BCUT2D eigenvalue weighted by Gasteiger charge is -2.23. The third-order valence-corrected chi connectivity index (χ3v) is 3.69. The van der Waals surface area contributed by atoms with Gasteiger partial charge < -0.3 is 15.3 Å². The number of halogens is 3. The molecule has 0 aromatic heterocycles. The van der Waals surface area contributed by atoms with E-state index in [-0.39, 0.29) is 23.9 Å². The van der Waals surface area contributed by atoms with Gasteiger partial charge in [-0.25, -0.2) is 0 Å². The summed E-state index contributed by atoms with van der Waals surface area (Å²) in [6.07, 6.45) is -3.11. The summed E-state index contributed by atoms with van der Waals surface area (Å²) in [7, 11) is 1.40. The first-order valence-corrected chi connectivity index (χ1v) is 6.69. The first kappa shape index (κ1) is 15.6. The van der Waals surface area contributed by atoms with Crippen LogP contribution in [0.4, 0.5) is 18.9 Å². The third kappa shape index (κ3) is 3.12. The second-order valence-electron chi connectivity index (χ2n) is 4.99. The van der Waals surface area contributed by atoms with Crippen molar-refractivity contribution in [2.24, 2.45) is 0 Å². The molecule has 1 aromatic rings. The topological polar surface area (TPSA) is 52.6 Å². The molecule has 1 aromatic carbocycles. The Kier molecular flexibility index (Phi) is 4.41. The van der Waals surface area contributed by atoms with Crippen molar-refractivity contribution in [2.45, 2.75) is 25.1 Å². The molecule has 1 unspecified atom stereocenters. The molecule has 21 heavy (non-hydrogen) atoms. The number of nitrogens with zero attached hydrogens (tertiary/aromatic N) is 1. The zero-order chi connectivity index (χ0) is 15.6. The summed E-state index contributed by atoms with van der Waals surface area (Å²) < 4.78 is 39.0. The van der Waals surface area contributed by atoms with Crippen LogP contribution in [0.2, 0.25) is 0 Å². The van der Waals surface area contributed by atoms with Crippen LogP contribution in [0.3, 0.4) is 0 Å². The number of benzene rings is 1. The van der Waals surface area contributed by atoms with Crippen LogP contribution in [0.5, 0.6) is 0 Å². The maximum absolute atomic E-state index is 13.0. The molecule has 4 nitrogen and oxygen atoms in total. The van der Waals surface area contributed by atoms with Gasteiger partial charge in [0, 0.05) is 24.8 Å². The number of aliphatic hydroxyl groups is 1. The normalized spacial score (nSPS) is 18.9. The molecule has 0 bridgehead atoms. The van der Waals surface area contributed by atoms with E-state index in [1.54, 1.807) is 0 Å². The molecule has 7 heteroatoms. The first-order valence-electron chi connectivity index (χ1n) is 6.69. The number of amides is 1. The lowest BCUT2D eigenvalue weighted by molar-refractivity contribution is -0.137. The van der Waals surface area contributed by atoms with Crippen LogP contribution in [-0.4, -0.2) is 42.2 Å². The number of hydrogen-bond donors (Lipinski definition) is 2. The molecule has 2 N–H and O–H groups in total. The molecule has 0 spiro atoms. The van der Waals surface area contributed by atoms with E-state index in [9.17, 15) is 23.1 Å². The van der Waals surface area contributed by atoms with Crippen molar-refractivity contribution in [3.63, 3.8) is 0 Å². The Labute approximate surface area is 120 Å². The van der Waals surface area contributed by atoms with Crippen LogP contribution in [0.1, 0.15) is 28.8 Å². The lowest BCUT2D eigenvalue weighted by atomic mass is 10.1. The van der Waals surface area contributed by atoms with Gasteiger partial charge in [-0.2, -0.15) is 13.2 Å². The lowest BCUT2D eigenvalue weighted by Crippen LogP contribution is -2.37. The number of anilines is 1. The molecule has 1 aliphatic rings. The third-order valence-electron chi connectivity index (χ3n) is 3.69. The summed E-state index contributed by atoms with van der Waals surface area (Å²) >= 11 is 0. The number of aliphatic hydroxyl groups excluding tert-OH is 1. The van der Waals surface area contributed by atoms with E-state index in [0.29, 0.717) is 13.0 Å². The summed E-state index contributed by atoms with van der Waals surface area (Å²) in [5.41, 5.74) is -0.948. The highest BCUT2D eigenvalue weighted by molar-refractivity contribution is 5.95. The maximum atomic E-state index is 13.0. The van der Waals surface area contributed by atoms with E-state index in [2.05, 4.69) is 5.32 Å². The molecule has 0 aliphatic carbocycles. The fraction of sp³-hybridized carbons (Fsp3) is 0.500. The Morgan fingerprint density at radius 3 is 2.76 bits per heavy atom. The number of alkyl halides is 3. The molecular weight excluding hydrogens is 285 g/mol. The number of hydrogen-bond acceptors (Lipinski definition) is 3. The zero-order valence-corrected chi connectivity index (χ0v) is 11.6. The van der Waals surface area contributed by atoms with Crippen molar-refractivity contribution in [3.8, 4) is 0 Å². The van der Waals surface area contributed by atoms with Gasteiger partial charge in [-0.1, -0.05) is 0 Å². The Morgan fingerprint density at radius 2 is 2.19 bits per heavy atom. The number of likely N-dealkylation sites (tertiary alicyclic amines) is 1. The van der Waals surface area contributed by atoms with Gasteiger partial charge in [0.05, 0.1) is 18.2 Å². The minimum atomic E-state index is -4.53. The van der Waals surface area contributed by atoms with Crippen molar-refractivity contribution in [2.75, 3.05) is 25.5 Å². The van der Waals surface area contributed by atoms with Gasteiger partial charge in [-0.3, -0.25) is 4.79 Å². The zero-order valence-electron chi connectivity index (χ0n) is 11.6. The summed E-state index contributed by atoms with van der Waals surface area (Å²) in [6, 6.07) is 3.17.